The Morgan fingerprint density at radius 2 is 2.12 bits per heavy atom. The summed E-state index contributed by atoms with van der Waals surface area (Å²) >= 11 is 0. The largest absolute Gasteiger partial charge is 0.493 e. The lowest BCUT2D eigenvalue weighted by molar-refractivity contribution is 0.0992. The summed E-state index contributed by atoms with van der Waals surface area (Å²) in [5.74, 6) is 1.48. The molecule has 1 N–H and O–H groups in total. The van der Waals surface area contributed by atoms with Crippen molar-refractivity contribution in [2.45, 2.75) is 6.54 Å². The molecule has 3 aromatic rings. The van der Waals surface area contributed by atoms with Gasteiger partial charge in [0.2, 0.25) is 5.62 Å². The Hall–Kier alpha value is -3.42. The van der Waals surface area contributed by atoms with Crippen molar-refractivity contribution in [2.75, 3.05) is 26.1 Å². The van der Waals surface area contributed by atoms with E-state index in [1.165, 1.54) is 0 Å². The molecule has 0 unspecified atom stereocenters. The third-order valence-electron chi connectivity index (χ3n) is 4.21. The number of pyridine rings is 1. The first-order chi connectivity index (χ1) is 12.7. The molecule has 1 amide bonds. The Labute approximate surface area is 149 Å². The van der Waals surface area contributed by atoms with Crippen LogP contribution in [0, 0.1) is 0 Å². The molecule has 4 rings (SSSR count). The number of carbonyl (C=O) groups is 1. The van der Waals surface area contributed by atoms with Gasteiger partial charge >= 0.3 is 0 Å². The highest BCUT2D eigenvalue weighted by molar-refractivity contribution is 5.96. The van der Waals surface area contributed by atoms with Crippen LogP contribution in [0.15, 0.2) is 41.5 Å². The first kappa shape index (κ1) is 16.1. The predicted molar refractivity (Wildman–Crippen MR) is 95.5 cm³/mol. The van der Waals surface area contributed by atoms with Crippen molar-refractivity contribution in [2.24, 2.45) is 4.99 Å². The molecule has 2 aromatic heterocycles. The van der Waals surface area contributed by atoms with Crippen LogP contribution in [0.2, 0.25) is 0 Å². The van der Waals surface area contributed by atoms with E-state index in [1.807, 2.05) is 16.7 Å². The highest BCUT2D eigenvalue weighted by atomic mass is 16.5. The maximum atomic E-state index is 12.5. The molecule has 0 radical (unpaired) electrons. The van der Waals surface area contributed by atoms with E-state index in [-0.39, 0.29) is 5.69 Å². The highest BCUT2D eigenvalue weighted by Gasteiger charge is 2.20. The van der Waals surface area contributed by atoms with Crippen molar-refractivity contribution < 1.29 is 14.3 Å². The molecule has 3 heterocycles. The quantitative estimate of drug-likeness (QED) is 0.771. The molecule has 0 aliphatic carbocycles. The van der Waals surface area contributed by atoms with Gasteiger partial charge in [-0.25, -0.2) is 4.98 Å². The van der Waals surface area contributed by atoms with Crippen molar-refractivity contribution in [3.05, 3.63) is 47.8 Å². The van der Waals surface area contributed by atoms with E-state index >= 15 is 0 Å². The van der Waals surface area contributed by atoms with Crippen LogP contribution in [-0.4, -0.2) is 41.2 Å². The van der Waals surface area contributed by atoms with Crippen LogP contribution in [0.4, 0.5) is 5.82 Å². The van der Waals surface area contributed by atoms with Gasteiger partial charge in [-0.3, -0.25) is 14.3 Å². The minimum Gasteiger partial charge on any atom is -0.493 e. The van der Waals surface area contributed by atoms with Gasteiger partial charge in [0.15, 0.2) is 11.5 Å². The number of carbonyl (C=O) groups excluding carboxylic acids is 1. The van der Waals surface area contributed by atoms with Crippen molar-refractivity contribution >= 4 is 22.6 Å². The zero-order valence-electron chi connectivity index (χ0n) is 14.4. The lowest BCUT2D eigenvalue weighted by Gasteiger charge is -2.13. The molecular formula is C18H17N5O3. The number of anilines is 1. The summed E-state index contributed by atoms with van der Waals surface area (Å²) in [5, 5.41) is 4.20. The third-order valence-corrected chi connectivity index (χ3v) is 4.21. The predicted octanol–water partition coefficient (Wildman–Crippen LogP) is 1.62. The SMILES string of the molecule is COc1ccc2c3n(c(=NC(=O)c4ccccn4)nc2c1OC)CCN3. The second-order valence-corrected chi connectivity index (χ2v) is 5.67. The molecule has 0 saturated carbocycles. The molecule has 0 fully saturated rings. The topological polar surface area (TPSA) is 90.6 Å². The smallest absolute Gasteiger partial charge is 0.298 e. The molecule has 1 aliphatic heterocycles. The van der Waals surface area contributed by atoms with Crippen LogP contribution >= 0.6 is 0 Å². The van der Waals surface area contributed by atoms with E-state index < -0.39 is 5.91 Å². The van der Waals surface area contributed by atoms with E-state index in [0.717, 1.165) is 17.7 Å². The number of fused-ring (bicyclic) bond motifs is 3. The number of ether oxygens (including phenoxy) is 2. The Balaban J connectivity index is 1.98. The van der Waals surface area contributed by atoms with Gasteiger partial charge in [-0.1, -0.05) is 6.07 Å². The number of rotatable bonds is 3. The second-order valence-electron chi connectivity index (χ2n) is 5.67. The Kier molecular flexibility index (Phi) is 4.00. The molecule has 1 aromatic carbocycles. The van der Waals surface area contributed by atoms with Gasteiger partial charge in [-0.2, -0.15) is 4.99 Å². The molecule has 1 aliphatic rings. The zero-order chi connectivity index (χ0) is 18.1. The number of nitrogens with one attached hydrogen (secondary N) is 1. The summed E-state index contributed by atoms with van der Waals surface area (Å²) in [6.45, 7) is 1.40. The first-order valence-electron chi connectivity index (χ1n) is 8.12. The van der Waals surface area contributed by atoms with Crippen molar-refractivity contribution in [3.8, 4) is 11.5 Å². The molecular weight excluding hydrogens is 334 g/mol. The Morgan fingerprint density at radius 1 is 1.23 bits per heavy atom. The van der Waals surface area contributed by atoms with Crippen LogP contribution in [0.5, 0.6) is 11.5 Å². The molecule has 26 heavy (non-hydrogen) atoms. The highest BCUT2D eigenvalue weighted by Crippen LogP contribution is 2.36. The van der Waals surface area contributed by atoms with E-state index in [4.69, 9.17) is 9.47 Å². The molecule has 132 valence electrons. The number of methoxy groups -OCH3 is 2. The van der Waals surface area contributed by atoms with Crippen LogP contribution < -0.4 is 20.4 Å². The van der Waals surface area contributed by atoms with Gasteiger partial charge < -0.3 is 14.8 Å². The van der Waals surface area contributed by atoms with Gasteiger partial charge in [0.05, 0.1) is 14.2 Å². The third kappa shape index (κ3) is 2.55. The molecule has 0 bridgehead atoms. The van der Waals surface area contributed by atoms with Gasteiger partial charge in [-0.15, -0.1) is 0 Å². The van der Waals surface area contributed by atoms with Gasteiger partial charge in [0, 0.05) is 24.7 Å². The van der Waals surface area contributed by atoms with Crippen LogP contribution in [-0.2, 0) is 6.54 Å². The van der Waals surface area contributed by atoms with Gasteiger partial charge in [0.1, 0.15) is 17.0 Å². The van der Waals surface area contributed by atoms with Crippen LogP contribution in [0.25, 0.3) is 10.9 Å². The number of hydrogen-bond donors (Lipinski definition) is 1. The van der Waals surface area contributed by atoms with E-state index in [2.05, 4.69) is 20.3 Å². The van der Waals surface area contributed by atoms with Gasteiger partial charge in [-0.05, 0) is 24.3 Å². The second kappa shape index (κ2) is 6.47. The molecule has 0 spiro atoms. The van der Waals surface area contributed by atoms with Crippen molar-refractivity contribution in [1.82, 2.24) is 14.5 Å². The van der Waals surface area contributed by atoms with E-state index in [0.29, 0.717) is 29.2 Å². The summed E-state index contributed by atoms with van der Waals surface area (Å²) < 4.78 is 12.7. The van der Waals surface area contributed by atoms with Crippen LogP contribution in [0.3, 0.4) is 0 Å². The fourth-order valence-corrected chi connectivity index (χ4v) is 3.03. The standard InChI is InChI=1S/C18H17N5O3/c1-25-13-7-6-11-14(15(13)26-2)21-18(23-10-9-20-16(11)23)22-17(24)12-5-3-4-8-19-12/h3-8,20H,9-10H2,1-2H3. The lowest BCUT2D eigenvalue weighted by Crippen LogP contribution is -2.25. The number of hydrogen-bond acceptors (Lipinski definition) is 6. The van der Waals surface area contributed by atoms with E-state index in [9.17, 15) is 4.79 Å². The molecule has 0 saturated heterocycles. The Bertz CT molecular complexity index is 1060. The summed E-state index contributed by atoms with van der Waals surface area (Å²) in [5.41, 5.74) is 1.16. The average Bonchev–Trinajstić information content (AvgIpc) is 3.18. The number of nitrogens with zero attached hydrogens (tertiary/aromatic N) is 4. The zero-order valence-corrected chi connectivity index (χ0v) is 14.4. The maximum Gasteiger partial charge on any atom is 0.298 e. The van der Waals surface area contributed by atoms with Crippen molar-refractivity contribution in [1.29, 1.82) is 0 Å². The summed E-state index contributed by atoms with van der Waals surface area (Å²) in [7, 11) is 3.13. The number of aromatic nitrogens is 3. The summed E-state index contributed by atoms with van der Waals surface area (Å²) in [6, 6.07) is 8.87. The lowest BCUT2D eigenvalue weighted by atomic mass is 10.2. The molecule has 8 heteroatoms. The minimum atomic E-state index is -0.444. The normalized spacial score (nSPS) is 13.4. The van der Waals surface area contributed by atoms with Crippen molar-refractivity contribution in [3.63, 3.8) is 0 Å². The summed E-state index contributed by atoms with van der Waals surface area (Å²) in [4.78, 5) is 25.3. The van der Waals surface area contributed by atoms with Crippen LogP contribution in [0.1, 0.15) is 10.5 Å². The van der Waals surface area contributed by atoms with Gasteiger partial charge in [0.25, 0.3) is 5.91 Å². The average molecular weight is 351 g/mol. The number of amides is 1. The Morgan fingerprint density at radius 3 is 2.85 bits per heavy atom. The minimum absolute atomic E-state index is 0.271. The maximum absolute atomic E-state index is 12.5. The monoisotopic (exact) mass is 351 g/mol. The fraction of sp³-hybridized carbons (Fsp3) is 0.222. The van der Waals surface area contributed by atoms with E-state index in [1.54, 1.807) is 38.6 Å². The number of benzene rings is 1. The molecule has 0 atom stereocenters. The molecule has 8 nitrogen and oxygen atoms in total. The first-order valence-corrected chi connectivity index (χ1v) is 8.12. The summed E-state index contributed by atoms with van der Waals surface area (Å²) in [6.07, 6.45) is 1.56. The fourth-order valence-electron chi connectivity index (χ4n) is 3.03.